The van der Waals surface area contributed by atoms with E-state index in [-0.39, 0.29) is 0 Å². The van der Waals surface area contributed by atoms with Crippen molar-refractivity contribution in [1.82, 2.24) is 0 Å². The van der Waals surface area contributed by atoms with Crippen LogP contribution in [0.5, 0.6) is 0 Å². The lowest BCUT2D eigenvalue weighted by atomic mass is 10.2. The van der Waals surface area contributed by atoms with Gasteiger partial charge >= 0.3 is 0 Å². The van der Waals surface area contributed by atoms with E-state index >= 15 is 0 Å². The lowest BCUT2D eigenvalue weighted by Crippen LogP contribution is -2.12. The van der Waals surface area contributed by atoms with Crippen LogP contribution in [0.1, 0.15) is 0 Å². The molecule has 0 unspecified atom stereocenters. The van der Waals surface area contributed by atoms with Crippen molar-refractivity contribution >= 4 is 52.3 Å². The van der Waals surface area contributed by atoms with E-state index in [1.807, 2.05) is 53.4 Å². The summed E-state index contributed by atoms with van der Waals surface area (Å²) >= 11 is 16.7. The number of halogens is 2. The van der Waals surface area contributed by atoms with Gasteiger partial charge in [-0.25, -0.2) is 0 Å². The first-order chi connectivity index (χ1) is 8.20. The minimum absolute atomic E-state index is 0.703. The number of hydrogen-bond acceptors (Lipinski definition) is 1. The van der Waals surface area contributed by atoms with Crippen LogP contribution >= 0.6 is 35.4 Å². The first kappa shape index (κ1) is 12.4. The van der Waals surface area contributed by atoms with Gasteiger partial charge in [-0.3, -0.25) is 0 Å². The standard InChI is InChI=1S/C13H9Cl2NS/c14-10-1-5-12(6-2-10)16(9-17)13-7-3-11(15)4-8-13/h1-9H. The van der Waals surface area contributed by atoms with Crippen LogP contribution in [0, 0.1) is 0 Å². The maximum atomic E-state index is 5.85. The average molecular weight is 282 g/mol. The van der Waals surface area contributed by atoms with Crippen molar-refractivity contribution in [2.45, 2.75) is 0 Å². The first-order valence-corrected chi connectivity index (χ1v) is 6.19. The fourth-order valence-electron chi connectivity index (χ4n) is 1.47. The molecule has 0 saturated carbocycles. The zero-order chi connectivity index (χ0) is 12.3. The molecular weight excluding hydrogens is 273 g/mol. The van der Waals surface area contributed by atoms with Crippen molar-refractivity contribution in [3.05, 3.63) is 58.6 Å². The zero-order valence-electron chi connectivity index (χ0n) is 8.81. The number of benzene rings is 2. The minimum atomic E-state index is 0.703. The summed E-state index contributed by atoms with van der Waals surface area (Å²) in [6, 6.07) is 15.0. The summed E-state index contributed by atoms with van der Waals surface area (Å²) in [6.45, 7) is 0. The molecule has 0 aliphatic carbocycles. The highest BCUT2D eigenvalue weighted by Gasteiger charge is 2.05. The molecule has 0 saturated heterocycles. The summed E-state index contributed by atoms with van der Waals surface area (Å²) in [5, 5.41) is 1.41. The third kappa shape index (κ3) is 2.97. The summed E-state index contributed by atoms with van der Waals surface area (Å²) in [7, 11) is 0. The van der Waals surface area contributed by atoms with Gasteiger partial charge in [0.15, 0.2) is 0 Å². The maximum absolute atomic E-state index is 5.85. The third-order valence-electron chi connectivity index (χ3n) is 2.32. The van der Waals surface area contributed by atoms with E-state index in [9.17, 15) is 0 Å². The quantitative estimate of drug-likeness (QED) is 0.721. The fourth-order valence-corrected chi connectivity index (χ4v) is 1.97. The van der Waals surface area contributed by atoms with Crippen molar-refractivity contribution in [3.8, 4) is 0 Å². The van der Waals surface area contributed by atoms with Gasteiger partial charge < -0.3 is 4.90 Å². The van der Waals surface area contributed by atoms with E-state index in [4.69, 9.17) is 35.4 Å². The minimum Gasteiger partial charge on any atom is -0.307 e. The van der Waals surface area contributed by atoms with Crippen molar-refractivity contribution < 1.29 is 0 Å². The van der Waals surface area contributed by atoms with Crippen LogP contribution in [-0.2, 0) is 0 Å². The maximum Gasteiger partial charge on any atom is 0.0731 e. The normalized spacial score (nSPS) is 10.0. The average Bonchev–Trinajstić information content (AvgIpc) is 2.35. The first-order valence-electron chi connectivity index (χ1n) is 4.96. The molecule has 0 aliphatic rings. The Morgan fingerprint density at radius 3 is 1.41 bits per heavy atom. The third-order valence-corrected chi connectivity index (χ3v) is 3.03. The zero-order valence-corrected chi connectivity index (χ0v) is 11.1. The predicted molar refractivity (Wildman–Crippen MR) is 78.7 cm³/mol. The van der Waals surface area contributed by atoms with Crippen molar-refractivity contribution in [3.63, 3.8) is 0 Å². The summed E-state index contributed by atoms with van der Waals surface area (Å²) < 4.78 is 0. The number of rotatable bonds is 3. The molecule has 4 heteroatoms. The molecule has 17 heavy (non-hydrogen) atoms. The second-order valence-electron chi connectivity index (χ2n) is 3.43. The van der Waals surface area contributed by atoms with Crippen LogP contribution < -0.4 is 4.90 Å². The molecular formula is C13H9Cl2NS. The van der Waals surface area contributed by atoms with Gasteiger partial charge in [-0.1, -0.05) is 35.4 Å². The van der Waals surface area contributed by atoms with E-state index in [1.165, 1.54) is 0 Å². The van der Waals surface area contributed by atoms with E-state index in [0.29, 0.717) is 10.0 Å². The Bertz CT molecular complexity index is 462. The van der Waals surface area contributed by atoms with E-state index < -0.39 is 0 Å². The van der Waals surface area contributed by atoms with Gasteiger partial charge in [0.05, 0.1) is 5.49 Å². The van der Waals surface area contributed by atoms with Gasteiger partial charge in [0.1, 0.15) is 0 Å². The molecule has 0 bridgehead atoms. The van der Waals surface area contributed by atoms with Gasteiger partial charge in [0.25, 0.3) is 0 Å². The van der Waals surface area contributed by atoms with Crippen LogP contribution in [0.2, 0.25) is 10.0 Å². The van der Waals surface area contributed by atoms with Gasteiger partial charge in [-0.15, -0.1) is 0 Å². The van der Waals surface area contributed by atoms with Gasteiger partial charge in [-0.05, 0) is 48.5 Å². The molecule has 0 N–H and O–H groups in total. The molecule has 0 spiro atoms. The van der Waals surface area contributed by atoms with E-state index in [0.717, 1.165) is 11.4 Å². The lowest BCUT2D eigenvalue weighted by Gasteiger charge is -2.19. The summed E-state index contributed by atoms with van der Waals surface area (Å²) in [6.07, 6.45) is 0. The predicted octanol–water partition coefficient (Wildman–Crippen LogP) is 5.09. The SMILES string of the molecule is S=CN(c1ccc(Cl)cc1)c1ccc(Cl)cc1. The molecule has 0 aromatic heterocycles. The molecule has 0 heterocycles. The summed E-state index contributed by atoms with van der Waals surface area (Å²) in [5.74, 6) is 0. The molecule has 1 nitrogen and oxygen atoms in total. The molecule has 2 aromatic carbocycles. The van der Waals surface area contributed by atoms with Gasteiger partial charge in [0.2, 0.25) is 0 Å². The molecule has 2 aromatic rings. The molecule has 86 valence electrons. The second kappa shape index (κ2) is 5.50. The molecule has 0 amide bonds. The van der Waals surface area contributed by atoms with Gasteiger partial charge in [-0.2, -0.15) is 0 Å². The number of hydrogen-bond donors (Lipinski definition) is 0. The Morgan fingerprint density at radius 2 is 1.12 bits per heavy atom. The monoisotopic (exact) mass is 281 g/mol. The Balaban J connectivity index is 2.36. The highest BCUT2D eigenvalue weighted by atomic mass is 35.5. The Hall–Kier alpha value is -1.09. The highest BCUT2D eigenvalue weighted by Crippen LogP contribution is 2.26. The Morgan fingerprint density at radius 1 is 0.765 bits per heavy atom. The van der Waals surface area contributed by atoms with Crippen molar-refractivity contribution in [1.29, 1.82) is 0 Å². The van der Waals surface area contributed by atoms with Crippen LogP contribution in [0.3, 0.4) is 0 Å². The smallest absolute Gasteiger partial charge is 0.0731 e. The second-order valence-corrected chi connectivity index (χ2v) is 4.51. The van der Waals surface area contributed by atoms with E-state index in [2.05, 4.69) is 0 Å². The molecule has 0 atom stereocenters. The van der Waals surface area contributed by atoms with E-state index in [1.54, 1.807) is 5.49 Å². The fraction of sp³-hybridized carbons (Fsp3) is 0. The number of anilines is 2. The lowest BCUT2D eigenvalue weighted by molar-refractivity contribution is 1.39. The summed E-state index contributed by atoms with van der Waals surface area (Å²) in [5.41, 5.74) is 3.52. The van der Waals surface area contributed by atoms with Gasteiger partial charge in [0, 0.05) is 21.4 Å². The van der Waals surface area contributed by atoms with Crippen LogP contribution in [0.4, 0.5) is 11.4 Å². The summed E-state index contributed by atoms with van der Waals surface area (Å²) in [4.78, 5) is 1.89. The topological polar surface area (TPSA) is 3.24 Å². The molecule has 0 aliphatic heterocycles. The Labute approximate surface area is 116 Å². The largest absolute Gasteiger partial charge is 0.307 e. The van der Waals surface area contributed by atoms with Crippen LogP contribution in [0.25, 0.3) is 0 Å². The number of thiocarbonyl (C=S) groups is 1. The molecule has 2 rings (SSSR count). The van der Waals surface area contributed by atoms with Crippen molar-refractivity contribution in [2.75, 3.05) is 4.90 Å². The molecule has 0 fully saturated rings. The van der Waals surface area contributed by atoms with Crippen LogP contribution in [0.15, 0.2) is 48.5 Å². The molecule has 0 radical (unpaired) electrons. The Kier molecular flexibility index (Phi) is 4.00. The number of nitrogens with zero attached hydrogens (tertiary/aromatic N) is 1. The van der Waals surface area contributed by atoms with Crippen LogP contribution in [-0.4, -0.2) is 5.49 Å². The van der Waals surface area contributed by atoms with Crippen molar-refractivity contribution in [2.24, 2.45) is 0 Å². The highest BCUT2D eigenvalue weighted by molar-refractivity contribution is 7.79.